The summed E-state index contributed by atoms with van der Waals surface area (Å²) in [4.78, 5) is 26.7. The van der Waals surface area contributed by atoms with Crippen molar-refractivity contribution in [1.82, 2.24) is 10.3 Å². The first kappa shape index (κ1) is 15.4. The molecular formula is C15H20N2O4. The van der Waals surface area contributed by atoms with Crippen molar-refractivity contribution in [3.8, 4) is 0 Å². The molecule has 1 aromatic rings. The molecule has 1 aliphatic rings. The number of carboxylic acids is 1. The minimum Gasteiger partial charge on any atom is -0.477 e. The number of nitrogens with zero attached hydrogens (tertiary/aromatic N) is 1. The summed E-state index contributed by atoms with van der Waals surface area (Å²) in [7, 11) is 1.67. The van der Waals surface area contributed by atoms with Crippen molar-refractivity contribution >= 4 is 11.9 Å². The summed E-state index contributed by atoms with van der Waals surface area (Å²) < 4.78 is 5.61. The first-order valence-electron chi connectivity index (χ1n) is 7.09. The van der Waals surface area contributed by atoms with Crippen molar-refractivity contribution < 1.29 is 19.4 Å². The summed E-state index contributed by atoms with van der Waals surface area (Å²) in [5.41, 5.74) is -0.137. The zero-order valence-corrected chi connectivity index (χ0v) is 12.1. The molecule has 6 heteroatoms. The van der Waals surface area contributed by atoms with Crippen LogP contribution in [0.4, 0.5) is 0 Å². The molecule has 1 aromatic heterocycles. The molecule has 0 aliphatic heterocycles. The minimum atomic E-state index is -1.15. The summed E-state index contributed by atoms with van der Waals surface area (Å²) in [5.74, 6) is -1.45. The third-order valence-electron chi connectivity index (χ3n) is 4.01. The lowest BCUT2D eigenvalue weighted by molar-refractivity contribution is -0.0363. The highest BCUT2D eigenvalue weighted by atomic mass is 16.5. The molecule has 1 saturated carbocycles. The fraction of sp³-hybridized carbons (Fsp3) is 0.533. The molecule has 2 rings (SSSR count). The van der Waals surface area contributed by atoms with E-state index >= 15 is 0 Å². The molecule has 1 aliphatic carbocycles. The highest BCUT2D eigenvalue weighted by Crippen LogP contribution is 2.30. The second-order valence-electron chi connectivity index (χ2n) is 5.37. The van der Waals surface area contributed by atoms with E-state index in [1.54, 1.807) is 7.11 Å². The summed E-state index contributed by atoms with van der Waals surface area (Å²) in [5, 5.41) is 11.7. The second kappa shape index (κ2) is 6.67. The van der Waals surface area contributed by atoms with Crippen LogP contribution in [-0.4, -0.2) is 41.2 Å². The SMILES string of the molecule is COC1(CNC(=O)c2ccnc(C(=O)O)c2)CCCCC1. The third-order valence-corrected chi connectivity index (χ3v) is 4.01. The number of pyridine rings is 1. The molecule has 0 radical (unpaired) electrons. The Labute approximate surface area is 123 Å². The normalized spacial score (nSPS) is 17.2. The van der Waals surface area contributed by atoms with Crippen molar-refractivity contribution in [1.29, 1.82) is 0 Å². The van der Waals surface area contributed by atoms with E-state index in [4.69, 9.17) is 9.84 Å². The van der Waals surface area contributed by atoms with Crippen LogP contribution in [0.5, 0.6) is 0 Å². The van der Waals surface area contributed by atoms with Crippen LogP contribution in [0, 0.1) is 0 Å². The smallest absolute Gasteiger partial charge is 0.354 e. The number of aromatic nitrogens is 1. The van der Waals surface area contributed by atoms with Crippen LogP contribution in [0.25, 0.3) is 0 Å². The Kier molecular flexibility index (Phi) is 4.90. The van der Waals surface area contributed by atoms with Crippen LogP contribution < -0.4 is 5.32 Å². The molecule has 1 amide bonds. The van der Waals surface area contributed by atoms with Gasteiger partial charge < -0.3 is 15.2 Å². The Morgan fingerprint density at radius 1 is 1.38 bits per heavy atom. The quantitative estimate of drug-likeness (QED) is 0.864. The fourth-order valence-electron chi connectivity index (χ4n) is 2.68. The molecule has 6 nitrogen and oxygen atoms in total. The molecule has 1 fully saturated rings. The molecule has 21 heavy (non-hydrogen) atoms. The molecule has 0 bridgehead atoms. The van der Waals surface area contributed by atoms with Crippen molar-refractivity contribution in [3.05, 3.63) is 29.6 Å². The number of carbonyl (C=O) groups is 2. The Balaban J connectivity index is 2.01. The molecule has 114 valence electrons. The van der Waals surface area contributed by atoms with E-state index in [2.05, 4.69) is 10.3 Å². The van der Waals surface area contributed by atoms with Crippen molar-refractivity contribution in [2.45, 2.75) is 37.7 Å². The Morgan fingerprint density at radius 2 is 2.10 bits per heavy atom. The number of amides is 1. The molecule has 0 spiro atoms. The highest BCUT2D eigenvalue weighted by Gasteiger charge is 2.32. The van der Waals surface area contributed by atoms with Crippen LogP contribution in [0.1, 0.15) is 53.0 Å². The maximum atomic E-state index is 12.1. The summed E-state index contributed by atoms with van der Waals surface area (Å²) in [6, 6.07) is 2.78. The number of hydrogen-bond acceptors (Lipinski definition) is 4. The molecule has 1 heterocycles. The number of carbonyl (C=O) groups excluding carboxylic acids is 1. The van der Waals surface area contributed by atoms with E-state index < -0.39 is 5.97 Å². The number of methoxy groups -OCH3 is 1. The fourth-order valence-corrected chi connectivity index (χ4v) is 2.68. The number of rotatable bonds is 5. The van der Waals surface area contributed by atoms with Gasteiger partial charge in [0.15, 0.2) is 0 Å². The van der Waals surface area contributed by atoms with Crippen molar-refractivity contribution in [2.24, 2.45) is 0 Å². The first-order chi connectivity index (χ1) is 10.1. The first-order valence-corrected chi connectivity index (χ1v) is 7.09. The number of carboxylic acid groups (broad SMARTS) is 1. The lowest BCUT2D eigenvalue weighted by atomic mass is 9.84. The molecule has 0 atom stereocenters. The van der Waals surface area contributed by atoms with E-state index in [9.17, 15) is 9.59 Å². The van der Waals surface area contributed by atoms with Gasteiger partial charge in [0, 0.05) is 25.4 Å². The molecule has 0 unspecified atom stereocenters. The monoisotopic (exact) mass is 292 g/mol. The van der Waals surface area contributed by atoms with Gasteiger partial charge in [-0.15, -0.1) is 0 Å². The Hall–Kier alpha value is -1.95. The molecular weight excluding hydrogens is 272 g/mol. The number of aromatic carboxylic acids is 1. The third kappa shape index (κ3) is 3.78. The van der Waals surface area contributed by atoms with Gasteiger partial charge in [0.1, 0.15) is 5.69 Å². The zero-order valence-electron chi connectivity index (χ0n) is 12.1. The lowest BCUT2D eigenvalue weighted by Crippen LogP contribution is -2.45. The number of nitrogens with one attached hydrogen (secondary N) is 1. The standard InChI is InChI=1S/C15H20N2O4/c1-21-15(6-3-2-4-7-15)10-17-13(18)11-5-8-16-12(9-11)14(19)20/h5,8-9H,2-4,6-7,10H2,1H3,(H,17,18)(H,19,20). The maximum Gasteiger partial charge on any atom is 0.354 e. The summed E-state index contributed by atoms with van der Waals surface area (Å²) >= 11 is 0. The van der Waals surface area contributed by atoms with E-state index in [0.29, 0.717) is 12.1 Å². The van der Waals surface area contributed by atoms with Gasteiger partial charge in [0.25, 0.3) is 5.91 Å². The zero-order chi connectivity index (χ0) is 15.3. The average molecular weight is 292 g/mol. The van der Waals surface area contributed by atoms with E-state index in [1.165, 1.54) is 24.8 Å². The minimum absolute atomic E-state index is 0.137. The predicted octanol–water partition coefficient (Wildman–Crippen LogP) is 1.86. The Bertz CT molecular complexity index is 524. The van der Waals surface area contributed by atoms with Gasteiger partial charge >= 0.3 is 5.97 Å². The topological polar surface area (TPSA) is 88.5 Å². The van der Waals surface area contributed by atoms with Crippen LogP contribution in [0.3, 0.4) is 0 Å². The molecule has 0 aromatic carbocycles. The molecule has 2 N–H and O–H groups in total. The average Bonchev–Trinajstić information content (AvgIpc) is 2.53. The van der Waals surface area contributed by atoms with Crippen LogP contribution in [0.15, 0.2) is 18.3 Å². The van der Waals surface area contributed by atoms with Gasteiger partial charge in [-0.3, -0.25) is 4.79 Å². The van der Waals surface area contributed by atoms with Gasteiger partial charge in [-0.25, -0.2) is 9.78 Å². The van der Waals surface area contributed by atoms with Gasteiger partial charge in [-0.05, 0) is 25.0 Å². The van der Waals surface area contributed by atoms with Crippen LogP contribution in [-0.2, 0) is 4.74 Å². The van der Waals surface area contributed by atoms with E-state index in [-0.39, 0.29) is 17.2 Å². The number of ether oxygens (including phenoxy) is 1. The van der Waals surface area contributed by atoms with E-state index in [1.807, 2.05) is 0 Å². The molecule has 0 saturated heterocycles. The largest absolute Gasteiger partial charge is 0.477 e. The van der Waals surface area contributed by atoms with E-state index in [0.717, 1.165) is 25.7 Å². The number of hydrogen-bond donors (Lipinski definition) is 2. The van der Waals surface area contributed by atoms with Crippen molar-refractivity contribution in [2.75, 3.05) is 13.7 Å². The van der Waals surface area contributed by atoms with Gasteiger partial charge in [-0.1, -0.05) is 19.3 Å². The Morgan fingerprint density at radius 3 is 2.71 bits per heavy atom. The van der Waals surface area contributed by atoms with Crippen LogP contribution >= 0.6 is 0 Å². The van der Waals surface area contributed by atoms with Gasteiger partial charge in [0.05, 0.1) is 5.60 Å². The van der Waals surface area contributed by atoms with Gasteiger partial charge in [-0.2, -0.15) is 0 Å². The van der Waals surface area contributed by atoms with Crippen molar-refractivity contribution in [3.63, 3.8) is 0 Å². The maximum absolute atomic E-state index is 12.1. The van der Waals surface area contributed by atoms with Gasteiger partial charge in [0.2, 0.25) is 0 Å². The summed E-state index contributed by atoms with van der Waals surface area (Å²) in [6.45, 7) is 0.438. The second-order valence-corrected chi connectivity index (χ2v) is 5.37. The summed E-state index contributed by atoms with van der Waals surface area (Å²) in [6.07, 6.45) is 6.59. The highest BCUT2D eigenvalue weighted by molar-refractivity contribution is 5.96. The van der Waals surface area contributed by atoms with Crippen LogP contribution in [0.2, 0.25) is 0 Å². The predicted molar refractivity (Wildman–Crippen MR) is 76.4 cm³/mol. The lowest BCUT2D eigenvalue weighted by Gasteiger charge is -2.36.